The number of carbonyl (C=O) groups is 1. The number of carbonyl (C=O) groups excluding carboxylic acids is 1. The third-order valence-corrected chi connectivity index (χ3v) is 9.09. The molecule has 2 aliphatic rings. The fourth-order valence-corrected chi connectivity index (χ4v) is 6.87. The lowest BCUT2D eigenvalue weighted by molar-refractivity contribution is -0.140. The van der Waals surface area contributed by atoms with Gasteiger partial charge in [-0.25, -0.2) is 0 Å². The SMILES string of the molecule is COC(=O)CCCC=CC[C@H]1C(Cl)C[C@@H](O)[C@@H]1C=CCC(O)C1(Cc2ccc(Cl)s2)CCC1. The van der Waals surface area contributed by atoms with Crippen LogP contribution < -0.4 is 0 Å². The van der Waals surface area contributed by atoms with E-state index >= 15 is 0 Å². The number of halogens is 2. The molecule has 2 N–H and O–H groups in total. The van der Waals surface area contributed by atoms with Crippen LogP contribution in [0.3, 0.4) is 0 Å². The molecule has 3 rings (SSSR count). The number of aliphatic hydroxyl groups is 2. The molecule has 0 saturated heterocycles. The molecule has 2 unspecified atom stereocenters. The molecule has 0 aliphatic heterocycles. The molecular formula is C26H36Cl2O4S. The molecule has 0 radical (unpaired) electrons. The van der Waals surface area contributed by atoms with E-state index in [0.29, 0.717) is 19.3 Å². The number of thiophene rings is 1. The van der Waals surface area contributed by atoms with Gasteiger partial charge in [0, 0.05) is 28.0 Å². The van der Waals surface area contributed by atoms with Gasteiger partial charge in [0.2, 0.25) is 0 Å². The Morgan fingerprint density at radius 3 is 2.76 bits per heavy atom. The number of hydrogen-bond donors (Lipinski definition) is 2. The number of rotatable bonds is 12. The van der Waals surface area contributed by atoms with E-state index < -0.39 is 12.2 Å². The van der Waals surface area contributed by atoms with Crippen molar-refractivity contribution in [3.63, 3.8) is 0 Å². The molecule has 7 heteroatoms. The van der Waals surface area contributed by atoms with Gasteiger partial charge in [-0.3, -0.25) is 4.79 Å². The van der Waals surface area contributed by atoms with Crippen molar-refractivity contribution in [2.75, 3.05) is 7.11 Å². The summed E-state index contributed by atoms with van der Waals surface area (Å²) in [6, 6.07) is 4.00. The van der Waals surface area contributed by atoms with Gasteiger partial charge in [-0.15, -0.1) is 22.9 Å². The Kier molecular flexibility index (Phi) is 10.3. The van der Waals surface area contributed by atoms with E-state index in [-0.39, 0.29) is 28.6 Å². The Morgan fingerprint density at radius 2 is 2.12 bits per heavy atom. The summed E-state index contributed by atoms with van der Waals surface area (Å²) in [7, 11) is 1.41. The zero-order valence-corrected chi connectivity index (χ0v) is 21.6. The van der Waals surface area contributed by atoms with Crippen LogP contribution in [-0.4, -0.2) is 40.9 Å². The minimum atomic E-state index is -0.454. The topological polar surface area (TPSA) is 66.8 Å². The minimum absolute atomic E-state index is 0.00661. The predicted molar refractivity (Wildman–Crippen MR) is 136 cm³/mol. The van der Waals surface area contributed by atoms with E-state index in [1.54, 1.807) is 11.3 Å². The van der Waals surface area contributed by atoms with Gasteiger partial charge in [0.05, 0.1) is 23.7 Å². The Morgan fingerprint density at radius 1 is 1.33 bits per heavy atom. The van der Waals surface area contributed by atoms with Crippen molar-refractivity contribution in [2.24, 2.45) is 17.3 Å². The summed E-state index contributed by atoms with van der Waals surface area (Å²) in [4.78, 5) is 12.4. The Bertz CT molecular complexity index is 817. The van der Waals surface area contributed by atoms with Gasteiger partial charge in [-0.1, -0.05) is 42.3 Å². The van der Waals surface area contributed by atoms with Crippen LogP contribution in [0.5, 0.6) is 0 Å². The zero-order chi connectivity index (χ0) is 23.8. The van der Waals surface area contributed by atoms with E-state index in [9.17, 15) is 15.0 Å². The highest BCUT2D eigenvalue weighted by Gasteiger charge is 2.43. The summed E-state index contributed by atoms with van der Waals surface area (Å²) in [6.45, 7) is 0. The van der Waals surface area contributed by atoms with Gasteiger partial charge in [-0.05, 0) is 69.4 Å². The van der Waals surface area contributed by atoms with Gasteiger partial charge in [0.25, 0.3) is 0 Å². The summed E-state index contributed by atoms with van der Waals surface area (Å²) >= 11 is 14.3. The Labute approximate surface area is 211 Å². The second-order valence-corrected chi connectivity index (χ2v) is 11.9. The van der Waals surface area contributed by atoms with Crippen molar-refractivity contribution in [3.05, 3.63) is 45.7 Å². The predicted octanol–water partition coefficient (Wildman–Crippen LogP) is 6.32. The van der Waals surface area contributed by atoms with Gasteiger partial charge >= 0.3 is 5.97 Å². The number of unbranched alkanes of at least 4 members (excludes halogenated alkanes) is 1. The molecule has 5 atom stereocenters. The number of alkyl halides is 1. The molecule has 2 saturated carbocycles. The molecule has 33 heavy (non-hydrogen) atoms. The molecule has 1 heterocycles. The van der Waals surface area contributed by atoms with Gasteiger partial charge in [0.1, 0.15) is 0 Å². The van der Waals surface area contributed by atoms with Gasteiger partial charge in [0.15, 0.2) is 0 Å². The molecule has 2 fully saturated rings. The molecule has 0 spiro atoms. The maximum atomic E-state index is 11.2. The molecule has 2 aliphatic carbocycles. The molecule has 1 aromatic heterocycles. The molecule has 0 aromatic carbocycles. The number of ether oxygens (including phenoxy) is 1. The van der Waals surface area contributed by atoms with Crippen molar-refractivity contribution >= 4 is 40.5 Å². The minimum Gasteiger partial charge on any atom is -0.469 e. The van der Waals surface area contributed by atoms with Gasteiger partial charge in [-0.2, -0.15) is 0 Å². The number of esters is 1. The van der Waals surface area contributed by atoms with E-state index in [1.165, 1.54) is 12.0 Å². The standard InChI is InChI=1S/C26H36Cl2O4S/c1-32-25(31)11-5-3-2-4-8-19-20(22(29)16-21(19)27)9-6-10-23(30)26(14-7-15-26)17-18-12-13-24(28)33-18/h2,4,6,9,12-13,19-23,29-30H,3,5,7-8,10-11,14-17H2,1H3/t19-,20-,21?,22-,23?/m1/s1. The quantitative estimate of drug-likeness (QED) is 0.148. The van der Waals surface area contributed by atoms with E-state index in [4.69, 9.17) is 23.2 Å². The van der Waals surface area contributed by atoms with E-state index in [0.717, 1.165) is 49.3 Å². The normalized spacial score (nSPS) is 27.8. The number of aliphatic hydroxyl groups excluding tert-OH is 2. The summed E-state index contributed by atoms with van der Waals surface area (Å²) in [6.07, 6.45) is 15.5. The number of hydrogen-bond acceptors (Lipinski definition) is 5. The Hall–Kier alpha value is -0.850. The van der Waals surface area contributed by atoms with Crippen LogP contribution >= 0.6 is 34.5 Å². The summed E-state index contributed by atoms with van der Waals surface area (Å²) in [5.74, 6) is -0.0240. The molecule has 0 bridgehead atoms. The van der Waals surface area contributed by atoms with Crippen LogP contribution in [0.2, 0.25) is 4.34 Å². The monoisotopic (exact) mass is 514 g/mol. The molecule has 4 nitrogen and oxygen atoms in total. The van der Waals surface area contributed by atoms with Crippen molar-refractivity contribution in [1.82, 2.24) is 0 Å². The van der Waals surface area contributed by atoms with Crippen LogP contribution in [0.25, 0.3) is 0 Å². The van der Waals surface area contributed by atoms with E-state index in [1.807, 2.05) is 12.1 Å². The third kappa shape index (κ3) is 7.32. The first kappa shape index (κ1) is 26.7. The number of methoxy groups -OCH3 is 1. The van der Waals surface area contributed by atoms with Crippen LogP contribution in [0.15, 0.2) is 36.4 Å². The molecular weight excluding hydrogens is 479 g/mol. The molecule has 184 valence electrons. The van der Waals surface area contributed by atoms with Gasteiger partial charge < -0.3 is 14.9 Å². The summed E-state index contributed by atoms with van der Waals surface area (Å²) < 4.78 is 5.45. The third-order valence-electron chi connectivity index (χ3n) is 7.35. The van der Waals surface area contributed by atoms with Crippen molar-refractivity contribution < 1.29 is 19.7 Å². The molecule has 0 amide bonds. The maximum Gasteiger partial charge on any atom is 0.305 e. The van der Waals surface area contributed by atoms with Crippen LogP contribution in [0, 0.1) is 17.3 Å². The lowest BCUT2D eigenvalue weighted by Gasteiger charge is -2.45. The highest BCUT2D eigenvalue weighted by molar-refractivity contribution is 7.16. The first-order chi connectivity index (χ1) is 15.8. The average molecular weight is 516 g/mol. The fraction of sp³-hybridized carbons (Fsp3) is 0.654. The molecule has 1 aromatic rings. The smallest absolute Gasteiger partial charge is 0.305 e. The average Bonchev–Trinajstić information content (AvgIpc) is 3.28. The Balaban J connectivity index is 1.50. The lowest BCUT2D eigenvalue weighted by atomic mass is 9.62. The largest absolute Gasteiger partial charge is 0.469 e. The van der Waals surface area contributed by atoms with Crippen molar-refractivity contribution in [1.29, 1.82) is 0 Å². The van der Waals surface area contributed by atoms with E-state index in [2.05, 4.69) is 29.0 Å². The lowest BCUT2D eigenvalue weighted by Crippen LogP contribution is -2.42. The van der Waals surface area contributed by atoms with Crippen molar-refractivity contribution in [2.45, 2.75) is 81.8 Å². The summed E-state index contributed by atoms with van der Waals surface area (Å²) in [5.41, 5.74) is -0.0613. The highest BCUT2D eigenvalue weighted by atomic mass is 35.5. The maximum absolute atomic E-state index is 11.2. The zero-order valence-electron chi connectivity index (χ0n) is 19.3. The highest BCUT2D eigenvalue weighted by Crippen LogP contribution is 2.49. The second kappa shape index (κ2) is 12.7. The second-order valence-electron chi connectivity index (χ2n) is 9.51. The summed E-state index contributed by atoms with van der Waals surface area (Å²) in [5, 5.41) is 21.5. The van der Waals surface area contributed by atoms with Crippen LogP contribution in [0.4, 0.5) is 0 Å². The fourth-order valence-electron chi connectivity index (χ4n) is 5.17. The van der Waals surface area contributed by atoms with Crippen LogP contribution in [-0.2, 0) is 16.0 Å². The van der Waals surface area contributed by atoms with Crippen molar-refractivity contribution in [3.8, 4) is 0 Å². The number of allylic oxidation sites excluding steroid dienone is 2. The first-order valence-corrected chi connectivity index (χ1v) is 13.6. The van der Waals surface area contributed by atoms with Crippen LogP contribution in [0.1, 0.15) is 62.7 Å². The first-order valence-electron chi connectivity index (χ1n) is 12.0.